The highest BCUT2D eigenvalue weighted by atomic mass is 15.1. The van der Waals surface area contributed by atoms with Gasteiger partial charge in [-0.25, -0.2) is 0 Å². The van der Waals surface area contributed by atoms with E-state index in [0.717, 1.165) is 17.1 Å². The Morgan fingerprint density at radius 3 is 1.49 bits per heavy atom. The van der Waals surface area contributed by atoms with E-state index in [2.05, 4.69) is 222 Å². The van der Waals surface area contributed by atoms with E-state index >= 15 is 0 Å². The maximum Gasteiger partial charge on any atom is 0.0725 e. The second kappa shape index (κ2) is 12.0. The maximum atomic E-state index is 2.46. The Kier molecular flexibility index (Phi) is 7.15. The molecule has 0 fully saturated rings. The minimum absolute atomic E-state index is 0.0638. The van der Waals surface area contributed by atoms with E-state index < -0.39 is 0 Å². The van der Waals surface area contributed by atoms with E-state index in [-0.39, 0.29) is 16.2 Å². The average Bonchev–Trinajstić information content (AvgIpc) is 3.80. The van der Waals surface area contributed by atoms with Gasteiger partial charge in [-0.2, -0.15) is 0 Å². The van der Waals surface area contributed by atoms with Gasteiger partial charge in [0.25, 0.3) is 0 Å². The first-order valence-electron chi connectivity index (χ1n) is 20.4. The molecule has 0 N–H and O–H groups in total. The fourth-order valence-electron chi connectivity index (χ4n) is 10.6. The lowest BCUT2D eigenvalue weighted by Gasteiger charge is -2.30. The SMILES string of the molecule is CC(C)(C)c1ccc(N(c2cccc(-c3cccc4c3-c3ccccc3C43c4ccccc4-c4ccccc43)c2)c2ccc3c(c2)C(C)(C)c2ccccc2-3)cc1. The molecule has 8 aromatic carbocycles. The standard InChI is InChI=1S/C56H45N/c1-54(2,3)37-28-30-38(31-29-37)57(40-32-33-45-42-18-6-10-23-47(42)55(4,5)52(45)35-40)39-17-14-16-36(34-39)41-22-15-27-51-53(41)46-21-9-13-26-50(46)56(51)48-24-11-7-19-43(48)44-20-8-12-25-49(44)56/h6-35H,1-5H3. The largest absolute Gasteiger partial charge is 0.310 e. The molecule has 0 unspecified atom stereocenters. The first-order valence-corrected chi connectivity index (χ1v) is 20.4. The van der Waals surface area contributed by atoms with Gasteiger partial charge in [-0.3, -0.25) is 0 Å². The van der Waals surface area contributed by atoms with E-state index in [9.17, 15) is 0 Å². The summed E-state index contributed by atoms with van der Waals surface area (Å²) < 4.78 is 0. The Hall–Kier alpha value is -6.44. The van der Waals surface area contributed by atoms with Crippen LogP contribution in [0, 0.1) is 0 Å². The van der Waals surface area contributed by atoms with Crippen molar-refractivity contribution in [3.63, 3.8) is 0 Å². The van der Waals surface area contributed by atoms with Crippen LogP contribution in [0.15, 0.2) is 182 Å². The van der Waals surface area contributed by atoms with Gasteiger partial charge in [-0.15, -0.1) is 0 Å². The lowest BCUT2D eigenvalue weighted by atomic mass is 9.70. The van der Waals surface area contributed by atoms with Gasteiger partial charge >= 0.3 is 0 Å². The third-order valence-electron chi connectivity index (χ3n) is 13.3. The van der Waals surface area contributed by atoms with Crippen LogP contribution >= 0.6 is 0 Å². The minimum atomic E-state index is -0.373. The molecule has 57 heavy (non-hydrogen) atoms. The van der Waals surface area contributed by atoms with Crippen LogP contribution in [0.5, 0.6) is 0 Å². The van der Waals surface area contributed by atoms with E-state index in [1.807, 2.05) is 0 Å². The topological polar surface area (TPSA) is 3.24 Å². The normalized spacial score (nSPS) is 14.7. The average molecular weight is 732 g/mol. The lowest BCUT2D eigenvalue weighted by molar-refractivity contribution is 0.590. The van der Waals surface area contributed by atoms with Crippen LogP contribution < -0.4 is 4.90 Å². The molecule has 1 heteroatoms. The van der Waals surface area contributed by atoms with Crippen LogP contribution in [0.3, 0.4) is 0 Å². The lowest BCUT2D eigenvalue weighted by Crippen LogP contribution is -2.25. The van der Waals surface area contributed by atoms with Crippen LogP contribution in [0.25, 0.3) is 44.5 Å². The molecule has 3 aliphatic carbocycles. The third kappa shape index (κ3) is 4.69. The Morgan fingerprint density at radius 1 is 0.368 bits per heavy atom. The van der Waals surface area contributed by atoms with Gasteiger partial charge < -0.3 is 4.90 Å². The van der Waals surface area contributed by atoms with E-state index in [1.165, 1.54) is 83.5 Å². The number of anilines is 3. The molecule has 0 radical (unpaired) electrons. The second-order valence-corrected chi connectivity index (χ2v) is 17.7. The van der Waals surface area contributed by atoms with Crippen molar-refractivity contribution in [2.45, 2.75) is 50.9 Å². The number of hydrogen-bond donors (Lipinski definition) is 0. The Morgan fingerprint density at radius 2 is 0.842 bits per heavy atom. The Labute approximate surface area is 336 Å². The molecular weight excluding hydrogens is 687 g/mol. The summed E-state index contributed by atoms with van der Waals surface area (Å²) in [6.45, 7) is 11.6. The molecule has 1 spiro atoms. The predicted octanol–water partition coefficient (Wildman–Crippen LogP) is 14.8. The van der Waals surface area contributed by atoms with Crippen LogP contribution in [-0.4, -0.2) is 0 Å². The zero-order chi connectivity index (χ0) is 38.7. The van der Waals surface area contributed by atoms with Crippen molar-refractivity contribution < 1.29 is 0 Å². The molecule has 11 rings (SSSR count). The van der Waals surface area contributed by atoms with E-state index in [0.29, 0.717) is 0 Å². The first kappa shape index (κ1) is 33.9. The van der Waals surface area contributed by atoms with Gasteiger partial charge in [-0.1, -0.05) is 180 Å². The monoisotopic (exact) mass is 731 g/mol. The summed E-state index contributed by atoms with van der Waals surface area (Å²) in [7, 11) is 0. The molecule has 0 atom stereocenters. The van der Waals surface area contributed by atoms with Crippen molar-refractivity contribution in [3.05, 3.63) is 221 Å². The van der Waals surface area contributed by atoms with Crippen LogP contribution in [0.1, 0.15) is 73.6 Å². The summed E-state index contributed by atoms with van der Waals surface area (Å²) in [5, 5.41) is 0. The maximum absolute atomic E-state index is 2.46. The highest BCUT2D eigenvalue weighted by Gasteiger charge is 2.52. The molecule has 0 saturated carbocycles. The third-order valence-corrected chi connectivity index (χ3v) is 13.3. The molecule has 3 aliphatic rings. The van der Waals surface area contributed by atoms with Crippen molar-refractivity contribution in [1.29, 1.82) is 0 Å². The highest BCUT2D eigenvalue weighted by molar-refractivity contribution is 6.00. The number of rotatable bonds is 4. The summed E-state index contributed by atoms with van der Waals surface area (Å²) in [6.07, 6.45) is 0. The first-order chi connectivity index (χ1) is 27.7. The van der Waals surface area contributed by atoms with Crippen molar-refractivity contribution in [2.24, 2.45) is 0 Å². The highest BCUT2D eigenvalue weighted by Crippen LogP contribution is 2.64. The van der Waals surface area contributed by atoms with Crippen molar-refractivity contribution >= 4 is 17.1 Å². The fourth-order valence-corrected chi connectivity index (χ4v) is 10.6. The van der Waals surface area contributed by atoms with Crippen LogP contribution in [0.2, 0.25) is 0 Å². The predicted molar refractivity (Wildman–Crippen MR) is 239 cm³/mol. The van der Waals surface area contributed by atoms with Crippen LogP contribution in [0.4, 0.5) is 17.1 Å². The van der Waals surface area contributed by atoms with Crippen molar-refractivity contribution in [3.8, 4) is 44.5 Å². The number of hydrogen-bond acceptors (Lipinski definition) is 1. The molecule has 1 nitrogen and oxygen atoms in total. The number of nitrogens with zero attached hydrogens (tertiary/aromatic N) is 1. The van der Waals surface area contributed by atoms with E-state index in [1.54, 1.807) is 0 Å². The summed E-state index contributed by atoms with van der Waals surface area (Å²) in [6, 6.07) is 68.7. The Balaban J connectivity index is 1.11. The summed E-state index contributed by atoms with van der Waals surface area (Å²) >= 11 is 0. The van der Waals surface area contributed by atoms with Crippen molar-refractivity contribution in [2.75, 3.05) is 4.90 Å². The zero-order valence-electron chi connectivity index (χ0n) is 33.3. The van der Waals surface area contributed by atoms with Gasteiger partial charge in [0.15, 0.2) is 0 Å². The molecule has 0 aromatic heterocycles. The molecule has 8 aromatic rings. The number of fused-ring (bicyclic) bond motifs is 13. The van der Waals surface area contributed by atoms with Gasteiger partial charge in [0.05, 0.1) is 5.41 Å². The molecular formula is C56H45N. The quantitative estimate of drug-likeness (QED) is 0.174. The molecule has 0 amide bonds. The fraction of sp³-hybridized carbons (Fsp3) is 0.143. The van der Waals surface area contributed by atoms with Crippen molar-refractivity contribution in [1.82, 2.24) is 0 Å². The summed E-state index contributed by atoms with van der Waals surface area (Å²) in [5.41, 5.74) is 23.0. The molecule has 274 valence electrons. The molecule has 0 aliphatic heterocycles. The summed E-state index contributed by atoms with van der Waals surface area (Å²) in [5.74, 6) is 0. The molecule has 0 bridgehead atoms. The summed E-state index contributed by atoms with van der Waals surface area (Å²) in [4.78, 5) is 2.46. The van der Waals surface area contributed by atoms with Gasteiger partial charge in [-0.05, 0) is 125 Å². The van der Waals surface area contributed by atoms with Crippen LogP contribution in [-0.2, 0) is 16.2 Å². The van der Waals surface area contributed by atoms with E-state index in [4.69, 9.17) is 0 Å². The molecule has 0 saturated heterocycles. The zero-order valence-corrected chi connectivity index (χ0v) is 33.3. The Bertz CT molecular complexity index is 2870. The smallest absolute Gasteiger partial charge is 0.0725 e. The van der Waals surface area contributed by atoms with Gasteiger partial charge in [0.1, 0.15) is 0 Å². The van der Waals surface area contributed by atoms with Gasteiger partial charge in [0.2, 0.25) is 0 Å². The second-order valence-electron chi connectivity index (χ2n) is 17.7. The van der Waals surface area contributed by atoms with Gasteiger partial charge in [0, 0.05) is 22.5 Å². The molecule has 0 heterocycles. The minimum Gasteiger partial charge on any atom is -0.310 e. The number of benzene rings is 8.